The Labute approximate surface area is 131 Å². The summed E-state index contributed by atoms with van der Waals surface area (Å²) < 4.78 is 5.69. The van der Waals surface area contributed by atoms with Crippen LogP contribution in [0.3, 0.4) is 0 Å². The summed E-state index contributed by atoms with van der Waals surface area (Å²) in [6, 6.07) is 8.34. The van der Waals surface area contributed by atoms with Crippen molar-refractivity contribution in [2.24, 2.45) is 0 Å². The largest absolute Gasteiger partial charge is 0.438 e. The van der Waals surface area contributed by atoms with Crippen molar-refractivity contribution in [2.75, 3.05) is 13.1 Å². The average molecular weight is 306 g/mol. The number of rotatable bonds is 3. The topological polar surface area (TPSA) is 47.0 Å². The Hall–Kier alpha value is -1.65. The molecule has 0 unspecified atom stereocenters. The molecule has 4 nitrogen and oxygen atoms in total. The monoisotopic (exact) mass is 305 g/mol. The van der Waals surface area contributed by atoms with Gasteiger partial charge in [0.05, 0.1) is 18.1 Å². The molecule has 1 N–H and O–H groups in total. The molecule has 0 spiro atoms. The number of aromatic nitrogens is 2. The van der Waals surface area contributed by atoms with Crippen molar-refractivity contribution >= 4 is 12.4 Å². The lowest BCUT2D eigenvalue weighted by atomic mass is 9.90. The van der Waals surface area contributed by atoms with Gasteiger partial charge < -0.3 is 10.1 Å². The van der Waals surface area contributed by atoms with Crippen LogP contribution >= 0.6 is 12.4 Å². The van der Waals surface area contributed by atoms with Crippen molar-refractivity contribution in [3.05, 3.63) is 47.9 Å². The van der Waals surface area contributed by atoms with E-state index in [2.05, 4.69) is 27.4 Å². The molecule has 2 aromatic rings. The van der Waals surface area contributed by atoms with Gasteiger partial charge in [-0.1, -0.05) is 12.1 Å². The zero-order valence-electron chi connectivity index (χ0n) is 12.1. The third-order valence-electron chi connectivity index (χ3n) is 3.67. The lowest BCUT2D eigenvalue weighted by Gasteiger charge is -2.23. The van der Waals surface area contributed by atoms with Crippen molar-refractivity contribution in [3.63, 3.8) is 0 Å². The summed E-state index contributed by atoms with van der Waals surface area (Å²) in [6.45, 7) is 4.13. The van der Waals surface area contributed by atoms with E-state index >= 15 is 0 Å². The molecule has 3 rings (SSSR count). The van der Waals surface area contributed by atoms with Gasteiger partial charge in [0.15, 0.2) is 0 Å². The van der Waals surface area contributed by atoms with Gasteiger partial charge in [0.1, 0.15) is 5.75 Å². The minimum Gasteiger partial charge on any atom is -0.438 e. The molecule has 0 amide bonds. The summed E-state index contributed by atoms with van der Waals surface area (Å²) in [5.74, 6) is 2.01. The van der Waals surface area contributed by atoms with Gasteiger partial charge in [-0.25, -0.2) is 4.98 Å². The summed E-state index contributed by atoms with van der Waals surface area (Å²) in [4.78, 5) is 8.36. The zero-order valence-corrected chi connectivity index (χ0v) is 12.9. The van der Waals surface area contributed by atoms with E-state index in [0.29, 0.717) is 11.8 Å². The number of benzene rings is 1. The van der Waals surface area contributed by atoms with Crippen LogP contribution in [0.25, 0.3) is 0 Å². The minimum atomic E-state index is 0. The molecule has 5 heteroatoms. The Bertz CT molecular complexity index is 551. The van der Waals surface area contributed by atoms with E-state index in [9.17, 15) is 0 Å². The molecular weight excluding hydrogens is 286 g/mol. The van der Waals surface area contributed by atoms with Gasteiger partial charge >= 0.3 is 0 Å². The number of nitrogens with zero attached hydrogens (tertiary/aromatic N) is 2. The van der Waals surface area contributed by atoms with Crippen LogP contribution in [0.4, 0.5) is 0 Å². The molecular formula is C16H20ClN3O. The fourth-order valence-corrected chi connectivity index (χ4v) is 2.52. The van der Waals surface area contributed by atoms with Crippen LogP contribution in [0.2, 0.25) is 0 Å². The molecule has 0 atom stereocenters. The first kappa shape index (κ1) is 15.7. The van der Waals surface area contributed by atoms with Crippen molar-refractivity contribution in [1.29, 1.82) is 0 Å². The standard InChI is InChI=1S/C16H19N3O.ClH/c1-12-10-19-16(11-18-12)20-15-4-2-13(3-5-15)14-6-8-17-9-7-14;/h2-5,10-11,14,17H,6-9H2,1H3;1H. The predicted molar refractivity (Wildman–Crippen MR) is 85.4 cm³/mol. The lowest BCUT2D eigenvalue weighted by Crippen LogP contribution is -2.26. The number of nitrogens with one attached hydrogen (secondary N) is 1. The first-order valence-electron chi connectivity index (χ1n) is 7.08. The van der Waals surface area contributed by atoms with Crippen LogP contribution in [0.1, 0.15) is 30.0 Å². The fourth-order valence-electron chi connectivity index (χ4n) is 2.52. The average Bonchev–Trinajstić information content (AvgIpc) is 2.51. The molecule has 21 heavy (non-hydrogen) atoms. The quantitative estimate of drug-likeness (QED) is 0.943. The molecule has 1 aliphatic heterocycles. The summed E-state index contributed by atoms with van der Waals surface area (Å²) in [7, 11) is 0. The normalized spacial score (nSPS) is 15.3. The van der Waals surface area contributed by atoms with Gasteiger partial charge in [0.25, 0.3) is 0 Å². The van der Waals surface area contributed by atoms with Crippen molar-refractivity contribution in [2.45, 2.75) is 25.7 Å². The SMILES string of the molecule is Cc1cnc(Oc2ccc(C3CCNCC3)cc2)cn1.Cl. The fraction of sp³-hybridized carbons (Fsp3) is 0.375. The van der Waals surface area contributed by atoms with Crippen molar-refractivity contribution in [3.8, 4) is 11.6 Å². The van der Waals surface area contributed by atoms with Gasteiger partial charge in [0, 0.05) is 0 Å². The molecule has 1 aromatic heterocycles. The molecule has 1 aliphatic rings. The summed E-state index contributed by atoms with van der Waals surface area (Å²) in [6.07, 6.45) is 5.78. The highest BCUT2D eigenvalue weighted by Crippen LogP contribution is 2.27. The Morgan fingerprint density at radius 1 is 1.05 bits per heavy atom. The van der Waals surface area contributed by atoms with E-state index in [4.69, 9.17) is 4.74 Å². The third kappa shape index (κ3) is 4.16. The summed E-state index contributed by atoms with van der Waals surface area (Å²) >= 11 is 0. The smallest absolute Gasteiger partial charge is 0.237 e. The Morgan fingerprint density at radius 2 is 1.76 bits per heavy atom. The van der Waals surface area contributed by atoms with E-state index in [1.807, 2.05) is 19.1 Å². The second-order valence-electron chi connectivity index (χ2n) is 5.19. The molecule has 0 bridgehead atoms. The first-order valence-corrected chi connectivity index (χ1v) is 7.08. The molecule has 1 saturated heterocycles. The Balaban J connectivity index is 0.00000161. The Kier molecular flexibility index (Phi) is 5.53. The van der Waals surface area contributed by atoms with Crippen molar-refractivity contribution in [1.82, 2.24) is 15.3 Å². The van der Waals surface area contributed by atoms with Gasteiger partial charge in [-0.3, -0.25) is 4.98 Å². The second-order valence-corrected chi connectivity index (χ2v) is 5.19. The van der Waals surface area contributed by atoms with Gasteiger partial charge in [-0.2, -0.15) is 0 Å². The van der Waals surface area contributed by atoms with Crippen LogP contribution in [0, 0.1) is 6.92 Å². The third-order valence-corrected chi connectivity index (χ3v) is 3.67. The molecule has 2 heterocycles. The summed E-state index contributed by atoms with van der Waals surface area (Å²) in [5.41, 5.74) is 2.28. The van der Waals surface area contributed by atoms with Crippen LogP contribution in [0.5, 0.6) is 11.6 Å². The van der Waals surface area contributed by atoms with Gasteiger partial charge in [0.2, 0.25) is 5.88 Å². The first-order chi connectivity index (χ1) is 9.81. The summed E-state index contributed by atoms with van der Waals surface area (Å²) in [5, 5.41) is 3.39. The number of piperidine rings is 1. The number of hydrogen-bond acceptors (Lipinski definition) is 4. The highest BCUT2D eigenvalue weighted by molar-refractivity contribution is 5.85. The number of aryl methyl sites for hydroxylation is 1. The maximum absolute atomic E-state index is 5.69. The second kappa shape index (κ2) is 7.38. The molecule has 1 aromatic carbocycles. The number of ether oxygens (including phenoxy) is 1. The maximum atomic E-state index is 5.69. The maximum Gasteiger partial charge on any atom is 0.237 e. The van der Waals surface area contributed by atoms with Gasteiger partial charge in [-0.15, -0.1) is 12.4 Å². The van der Waals surface area contributed by atoms with Gasteiger partial charge in [-0.05, 0) is 56.5 Å². The Morgan fingerprint density at radius 3 is 2.38 bits per heavy atom. The van der Waals surface area contributed by atoms with Crippen LogP contribution in [-0.2, 0) is 0 Å². The molecule has 0 saturated carbocycles. The molecule has 0 radical (unpaired) electrons. The van der Waals surface area contributed by atoms with E-state index in [-0.39, 0.29) is 12.4 Å². The molecule has 1 fully saturated rings. The van der Waals surface area contributed by atoms with Crippen molar-refractivity contribution < 1.29 is 4.74 Å². The number of halogens is 1. The van der Waals surface area contributed by atoms with Crippen LogP contribution < -0.4 is 10.1 Å². The lowest BCUT2D eigenvalue weighted by molar-refractivity contribution is 0.452. The van der Waals surface area contributed by atoms with E-state index in [1.165, 1.54) is 18.4 Å². The van der Waals surface area contributed by atoms with E-state index in [1.54, 1.807) is 12.4 Å². The van der Waals surface area contributed by atoms with E-state index in [0.717, 1.165) is 24.5 Å². The highest BCUT2D eigenvalue weighted by Gasteiger charge is 2.14. The molecule has 112 valence electrons. The highest BCUT2D eigenvalue weighted by atomic mass is 35.5. The zero-order chi connectivity index (χ0) is 13.8. The molecule has 0 aliphatic carbocycles. The van der Waals surface area contributed by atoms with Crippen LogP contribution in [0.15, 0.2) is 36.7 Å². The number of hydrogen-bond donors (Lipinski definition) is 1. The predicted octanol–water partition coefficient (Wildman–Crippen LogP) is 3.47. The minimum absolute atomic E-state index is 0. The van der Waals surface area contributed by atoms with Crippen LogP contribution in [-0.4, -0.2) is 23.1 Å². The van der Waals surface area contributed by atoms with E-state index < -0.39 is 0 Å².